The zero-order valence-corrected chi connectivity index (χ0v) is 12.0. The van der Waals surface area contributed by atoms with Crippen LogP contribution in [0.25, 0.3) is 0 Å². The molecule has 0 heterocycles. The predicted molar refractivity (Wildman–Crippen MR) is 72.2 cm³/mol. The Morgan fingerprint density at radius 1 is 1.40 bits per heavy atom. The van der Waals surface area contributed by atoms with Gasteiger partial charge in [0.25, 0.3) is 0 Å². The number of aliphatic hydroxyl groups is 1. The molecule has 0 saturated heterocycles. The molecule has 2 heteroatoms. The van der Waals surface area contributed by atoms with E-state index in [1.165, 1.54) is 30.1 Å². The third kappa shape index (κ3) is 1.97. The first-order valence-electron chi connectivity index (χ1n) is 6.33. The maximum atomic E-state index is 10.2. The minimum Gasteiger partial charge on any atom is -0.393 e. The molecule has 2 fully saturated rings. The summed E-state index contributed by atoms with van der Waals surface area (Å²) in [6.07, 6.45) is 6.22. The highest BCUT2D eigenvalue weighted by atomic mass is 127. The second-order valence-electron chi connectivity index (χ2n) is 5.89. The van der Waals surface area contributed by atoms with Crippen molar-refractivity contribution in [2.24, 2.45) is 23.2 Å². The van der Waals surface area contributed by atoms with E-state index >= 15 is 0 Å². The highest BCUT2D eigenvalue weighted by molar-refractivity contribution is 14.1. The fourth-order valence-electron chi connectivity index (χ4n) is 3.97. The molecule has 0 unspecified atom stereocenters. The van der Waals surface area contributed by atoms with Crippen LogP contribution < -0.4 is 0 Å². The third-order valence-electron chi connectivity index (χ3n) is 5.11. The monoisotopic (exact) mass is 322 g/mol. The molecule has 0 aromatic rings. The Morgan fingerprint density at radius 2 is 2.13 bits per heavy atom. The van der Waals surface area contributed by atoms with E-state index < -0.39 is 0 Å². The Bertz CT molecular complexity index is 231. The van der Waals surface area contributed by atoms with Crippen LogP contribution in [0.1, 0.15) is 46.0 Å². The van der Waals surface area contributed by atoms with Crippen LogP contribution >= 0.6 is 22.6 Å². The van der Waals surface area contributed by atoms with Crippen LogP contribution in [0.3, 0.4) is 0 Å². The van der Waals surface area contributed by atoms with Crippen molar-refractivity contribution in [3.05, 3.63) is 0 Å². The van der Waals surface area contributed by atoms with Crippen LogP contribution in [0.5, 0.6) is 0 Å². The normalized spacial score (nSPS) is 47.6. The van der Waals surface area contributed by atoms with Crippen LogP contribution in [0.2, 0.25) is 0 Å². The lowest BCUT2D eigenvalue weighted by atomic mass is 9.64. The van der Waals surface area contributed by atoms with Gasteiger partial charge in [0.1, 0.15) is 0 Å². The minimum atomic E-state index is -0.0253. The molecule has 0 bridgehead atoms. The molecule has 1 nitrogen and oxygen atoms in total. The largest absolute Gasteiger partial charge is 0.393 e. The van der Waals surface area contributed by atoms with E-state index in [1.807, 2.05) is 0 Å². The Balaban J connectivity index is 2.15. The van der Waals surface area contributed by atoms with Gasteiger partial charge in [0, 0.05) is 4.43 Å². The predicted octanol–water partition coefficient (Wildman–Crippen LogP) is 3.63. The van der Waals surface area contributed by atoms with E-state index in [4.69, 9.17) is 0 Å². The molecule has 0 amide bonds. The lowest BCUT2D eigenvalue weighted by Gasteiger charge is -2.43. The van der Waals surface area contributed by atoms with Gasteiger partial charge in [-0.25, -0.2) is 0 Å². The van der Waals surface area contributed by atoms with Gasteiger partial charge >= 0.3 is 0 Å². The fraction of sp³-hybridized carbons (Fsp3) is 1.00. The second kappa shape index (κ2) is 4.52. The molecule has 2 aliphatic carbocycles. The van der Waals surface area contributed by atoms with Gasteiger partial charge in [0.15, 0.2) is 0 Å². The van der Waals surface area contributed by atoms with Crippen LogP contribution in [0.4, 0.5) is 0 Å². The smallest absolute Gasteiger partial charge is 0.0596 e. The van der Waals surface area contributed by atoms with Crippen molar-refractivity contribution in [2.75, 3.05) is 4.43 Å². The Kier molecular flexibility index (Phi) is 3.66. The van der Waals surface area contributed by atoms with E-state index in [9.17, 15) is 5.11 Å². The number of aliphatic hydroxyl groups excluding tert-OH is 1. The van der Waals surface area contributed by atoms with E-state index in [0.29, 0.717) is 0 Å². The lowest BCUT2D eigenvalue weighted by Crippen LogP contribution is -2.41. The molecule has 2 aliphatic rings. The fourth-order valence-corrected chi connectivity index (χ4v) is 4.62. The van der Waals surface area contributed by atoms with E-state index in [1.54, 1.807) is 0 Å². The molecule has 5 atom stereocenters. The van der Waals surface area contributed by atoms with Gasteiger partial charge in [-0.15, -0.1) is 0 Å². The van der Waals surface area contributed by atoms with E-state index in [2.05, 4.69) is 36.4 Å². The minimum absolute atomic E-state index is 0.0253. The number of hydrogen-bond donors (Lipinski definition) is 1. The first kappa shape index (κ1) is 12.2. The molecule has 1 N–H and O–H groups in total. The van der Waals surface area contributed by atoms with Gasteiger partial charge in [-0.2, -0.15) is 0 Å². The summed E-state index contributed by atoms with van der Waals surface area (Å²) in [4.78, 5) is 0. The lowest BCUT2D eigenvalue weighted by molar-refractivity contribution is -0.0377. The van der Waals surface area contributed by atoms with Gasteiger partial charge in [-0.3, -0.25) is 0 Å². The SMILES string of the molecule is C[C@H](CI)[C@@H]1CC[C@]2(C)[C@@H]1CCC[C@@H]2O. The van der Waals surface area contributed by atoms with Crippen molar-refractivity contribution in [1.82, 2.24) is 0 Å². The van der Waals surface area contributed by atoms with Gasteiger partial charge in [0.2, 0.25) is 0 Å². The highest BCUT2D eigenvalue weighted by Crippen LogP contribution is 2.56. The Hall–Kier alpha value is 0.690. The van der Waals surface area contributed by atoms with Gasteiger partial charge in [-0.05, 0) is 48.9 Å². The Labute approximate surface area is 107 Å². The summed E-state index contributed by atoms with van der Waals surface area (Å²) in [5.41, 5.74) is 0.253. The molecule has 88 valence electrons. The summed E-state index contributed by atoms with van der Waals surface area (Å²) < 4.78 is 1.27. The summed E-state index contributed by atoms with van der Waals surface area (Å²) in [7, 11) is 0. The summed E-state index contributed by atoms with van der Waals surface area (Å²) >= 11 is 2.51. The van der Waals surface area contributed by atoms with E-state index in [0.717, 1.165) is 24.2 Å². The summed E-state index contributed by atoms with van der Waals surface area (Å²) in [5, 5.41) is 10.2. The summed E-state index contributed by atoms with van der Waals surface area (Å²) in [6.45, 7) is 4.73. The number of alkyl halides is 1. The van der Waals surface area contributed by atoms with Gasteiger partial charge < -0.3 is 5.11 Å². The van der Waals surface area contributed by atoms with Crippen molar-refractivity contribution in [3.8, 4) is 0 Å². The van der Waals surface area contributed by atoms with Crippen molar-refractivity contribution in [3.63, 3.8) is 0 Å². The van der Waals surface area contributed by atoms with Crippen molar-refractivity contribution < 1.29 is 5.11 Å². The topological polar surface area (TPSA) is 20.2 Å². The second-order valence-corrected chi connectivity index (χ2v) is 6.77. The van der Waals surface area contributed by atoms with Crippen LogP contribution in [0.15, 0.2) is 0 Å². The van der Waals surface area contributed by atoms with Gasteiger partial charge in [0.05, 0.1) is 6.10 Å². The maximum Gasteiger partial charge on any atom is 0.0596 e. The number of hydrogen-bond acceptors (Lipinski definition) is 1. The van der Waals surface area contributed by atoms with Crippen molar-refractivity contribution in [2.45, 2.75) is 52.1 Å². The van der Waals surface area contributed by atoms with Gasteiger partial charge in [-0.1, -0.05) is 42.9 Å². The molecule has 0 aliphatic heterocycles. The molecule has 0 spiro atoms. The Morgan fingerprint density at radius 3 is 2.80 bits per heavy atom. The molecule has 0 aromatic carbocycles. The zero-order valence-electron chi connectivity index (χ0n) is 9.88. The average molecular weight is 322 g/mol. The zero-order chi connectivity index (χ0) is 11.1. The van der Waals surface area contributed by atoms with Crippen molar-refractivity contribution in [1.29, 1.82) is 0 Å². The maximum absolute atomic E-state index is 10.2. The molecule has 0 radical (unpaired) electrons. The molecular weight excluding hydrogens is 299 g/mol. The summed E-state index contributed by atoms with van der Waals surface area (Å²) in [5.74, 6) is 2.51. The van der Waals surface area contributed by atoms with Crippen LogP contribution in [-0.2, 0) is 0 Å². The molecule has 15 heavy (non-hydrogen) atoms. The summed E-state index contributed by atoms with van der Waals surface area (Å²) in [6, 6.07) is 0. The number of halogens is 1. The van der Waals surface area contributed by atoms with Crippen LogP contribution in [-0.4, -0.2) is 15.6 Å². The quantitative estimate of drug-likeness (QED) is 0.608. The standard InChI is InChI=1S/C13H23IO/c1-9(8-14)10-6-7-13(2)11(10)4-3-5-12(13)15/h9-12,15H,3-8H2,1-2H3/t9-,10+,11-,12+,13-/m1/s1. The van der Waals surface area contributed by atoms with Crippen LogP contribution in [0, 0.1) is 23.2 Å². The highest BCUT2D eigenvalue weighted by Gasteiger charge is 2.51. The van der Waals surface area contributed by atoms with Crippen molar-refractivity contribution >= 4 is 22.6 Å². The average Bonchev–Trinajstić information content (AvgIpc) is 2.57. The number of fused-ring (bicyclic) bond motifs is 1. The first-order valence-corrected chi connectivity index (χ1v) is 7.86. The molecule has 2 rings (SSSR count). The number of rotatable bonds is 2. The van der Waals surface area contributed by atoms with E-state index in [-0.39, 0.29) is 11.5 Å². The third-order valence-corrected chi connectivity index (χ3v) is 6.50. The molecular formula is C13H23IO. The molecule has 0 aromatic heterocycles. The molecule has 2 saturated carbocycles. The first-order chi connectivity index (χ1) is 7.09.